The molecule has 1 aliphatic rings. The van der Waals surface area contributed by atoms with E-state index in [1.165, 1.54) is 6.07 Å². The number of ether oxygens (including phenoxy) is 1. The van der Waals surface area contributed by atoms with Crippen molar-refractivity contribution in [3.63, 3.8) is 0 Å². The third kappa shape index (κ3) is 2.46. The normalized spacial score (nSPS) is 22.8. The number of benzene rings is 2. The van der Waals surface area contributed by atoms with E-state index in [9.17, 15) is 14.9 Å². The fourth-order valence-electron chi connectivity index (χ4n) is 3.52. The zero-order valence-corrected chi connectivity index (χ0v) is 13.6. The first-order chi connectivity index (χ1) is 11.5. The van der Waals surface area contributed by atoms with Crippen LogP contribution in [-0.4, -0.2) is 10.9 Å². The average molecular weight is 325 g/mol. The predicted octanol–water partition coefficient (Wildman–Crippen LogP) is 4.18. The molecular weight excluding hydrogens is 306 g/mol. The molecule has 0 unspecified atom stereocenters. The van der Waals surface area contributed by atoms with Crippen molar-refractivity contribution in [2.75, 3.05) is 0 Å². The van der Waals surface area contributed by atoms with Gasteiger partial charge in [-0.05, 0) is 24.0 Å². The van der Waals surface area contributed by atoms with Gasteiger partial charge in [0.25, 0.3) is 5.69 Å². The largest absolute Gasteiger partial charge is 0.455 e. The van der Waals surface area contributed by atoms with E-state index < -0.39 is 16.4 Å². The van der Waals surface area contributed by atoms with Crippen molar-refractivity contribution >= 4 is 11.7 Å². The molecular formula is C19H19NO4. The van der Waals surface area contributed by atoms with Crippen molar-refractivity contribution in [3.8, 4) is 0 Å². The smallest absolute Gasteiger partial charge is 0.321 e. The van der Waals surface area contributed by atoms with Crippen LogP contribution in [0.2, 0.25) is 0 Å². The van der Waals surface area contributed by atoms with Gasteiger partial charge >= 0.3 is 5.97 Å². The van der Waals surface area contributed by atoms with Crippen molar-refractivity contribution in [3.05, 3.63) is 75.8 Å². The van der Waals surface area contributed by atoms with Crippen molar-refractivity contribution in [1.29, 1.82) is 0 Å². The Balaban J connectivity index is 2.15. The molecule has 2 aromatic rings. The highest BCUT2D eigenvalue weighted by Crippen LogP contribution is 2.54. The zero-order chi connectivity index (χ0) is 17.3. The highest BCUT2D eigenvalue weighted by atomic mass is 16.6. The summed E-state index contributed by atoms with van der Waals surface area (Å²) < 4.78 is 5.44. The van der Waals surface area contributed by atoms with Crippen LogP contribution < -0.4 is 0 Å². The minimum absolute atomic E-state index is 0.0148. The molecule has 2 atom stereocenters. The van der Waals surface area contributed by atoms with E-state index >= 15 is 0 Å². The van der Waals surface area contributed by atoms with Gasteiger partial charge in [0.1, 0.15) is 5.41 Å². The van der Waals surface area contributed by atoms with Crippen LogP contribution in [0.5, 0.6) is 0 Å². The fraction of sp³-hybridized carbons (Fsp3) is 0.316. The minimum atomic E-state index is -0.873. The van der Waals surface area contributed by atoms with Crippen molar-refractivity contribution in [1.82, 2.24) is 0 Å². The highest BCUT2D eigenvalue weighted by Gasteiger charge is 2.61. The number of esters is 1. The number of nitrogens with zero attached hydrogens (tertiary/aromatic N) is 1. The SMILES string of the molecule is CC(C)C[C@@]1(c2ccccc2)C(=O)O[C@@H]1c1ccccc1[N+](=O)[O-]. The molecule has 5 heteroatoms. The molecule has 5 nitrogen and oxygen atoms in total. The van der Waals surface area contributed by atoms with Gasteiger partial charge in [-0.3, -0.25) is 14.9 Å². The summed E-state index contributed by atoms with van der Waals surface area (Å²) in [6.45, 7) is 4.07. The first-order valence-electron chi connectivity index (χ1n) is 7.96. The lowest BCUT2D eigenvalue weighted by Crippen LogP contribution is -2.55. The summed E-state index contributed by atoms with van der Waals surface area (Å²) in [5.41, 5.74) is 0.408. The zero-order valence-electron chi connectivity index (χ0n) is 13.6. The van der Waals surface area contributed by atoms with E-state index in [1.54, 1.807) is 18.2 Å². The molecule has 0 spiro atoms. The second-order valence-corrected chi connectivity index (χ2v) is 6.54. The monoisotopic (exact) mass is 325 g/mol. The molecule has 3 rings (SSSR count). The first kappa shape index (κ1) is 16.2. The van der Waals surface area contributed by atoms with Crippen LogP contribution in [-0.2, 0) is 14.9 Å². The Hall–Kier alpha value is -2.69. The third-order valence-electron chi connectivity index (χ3n) is 4.47. The fourth-order valence-corrected chi connectivity index (χ4v) is 3.52. The van der Waals surface area contributed by atoms with E-state index in [0.29, 0.717) is 12.0 Å². The molecule has 0 bridgehead atoms. The maximum atomic E-state index is 12.6. The van der Waals surface area contributed by atoms with Gasteiger partial charge in [-0.15, -0.1) is 0 Å². The summed E-state index contributed by atoms with van der Waals surface area (Å²) in [7, 11) is 0. The van der Waals surface area contributed by atoms with Gasteiger partial charge in [0.15, 0.2) is 6.10 Å². The molecule has 0 amide bonds. The lowest BCUT2D eigenvalue weighted by atomic mass is 9.65. The Morgan fingerprint density at radius 2 is 1.75 bits per heavy atom. The molecule has 1 fully saturated rings. The maximum Gasteiger partial charge on any atom is 0.321 e. The van der Waals surface area contributed by atoms with Crippen LogP contribution >= 0.6 is 0 Å². The standard InChI is InChI=1S/C19H19NO4/c1-13(2)12-19(14-8-4-3-5-9-14)17(24-18(19)21)15-10-6-7-11-16(15)20(22)23/h3-11,13,17H,12H2,1-2H3/t17-,19+/m1/s1. The van der Waals surface area contributed by atoms with Gasteiger partial charge in [-0.1, -0.05) is 56.3 Å². The molecule has 0 aliphatic carbocycles. The molecule has 124 valence electrons. The number of hydrogen-bond acceptors (Lipinski definition) is 4. The van der Waals surface area contributed by atoms with Crippen molar-refractivity contribution < 1.29 is 14.5 Å². The summed E-state index contributed by atoms with van der Waals surface area (Å²) in [5, 5.41) is 11.4. The second-order valence-electron chi connectivity index (χ2n) is 6.54. The summed E-state index contributed by atoms with van der Waals surface area (Å²) >= 11 is 0. The summed E-state index contributed by atoms with van der Waals surface area (Å²) in [6.07, 6.45) is -0.0663. The lowest BCUT2D eigenvalue weighted by molar-refractivity contribution is -0.386. The molecule has 0 radical (unpaired) electrons. The van der Waals surface area contributed by atoms with Gasteiger partial charge in [0, 0.05) is 6.07 Å². The molecule has 0 N–H and O–H groups in total. The number of carbonyl (C=O) groups is 1. The second kappa shape index (κ2) is 6.07. The average Bonchev–Trinajstić information content (AvgIpc) is 2.58. The van der Waals surface area contributed by atoms with E-state index in [2.05, 4.69) is 0 Å². The van der Waals surface area contributed by atoms with Crippen LogP contribution in [0, 0.1) is 16.0 Å². The Labute approximate surface area is 140 Å². The van der Waals surface area contributed by atoms with Crippen LogP contribution in [0.4, 0.5) is 5.69 Å². The van der Waals surface area contributed by atoms with Gasteiger partial charge in [0.05, 0.1) is 10.5 Å². The lowest BCUT2D eigenvalue weighted by Gasteiger charge is -2.48. The topological polar surface area (TPSA) is 69.4 Å². The maximum absolute atomic E-state index is 12.6. The molecule has 1 aliphatic heterocycles. The summed E-state index contributed by atoms with van der Waals surface area (Å²) in [4.78, 5) is 23.5. The van der Waals surface area contributed by atoms with Gasteiger partial charge in [0.2, 0.25) is 0 Å². The number of carbonyl (C=O) groups excluding carboxylic acids is 1. The van der Waals surface area contributed by atoms with E-state index in [0.717, 1.165) is 5.56 Å². The van der Waals surface area contributed by atoms with E-state index in [4.69, 9.17) is 4.74 Å². The minimum Gasteiger partial charge on any atom is -0.455 e. The van der Waals surface area contributed by atoms with Crippen LogP contribution in [0.15, 0.2) is 54.6 Å². The number of rotatable bonds is 5. The summed E-state index contributed by atoms with van der Waals surface area (Å²) in [5.74, 6) is -0.0751. The van der Waals surface area contributed by atoms with Crippen LogP contribution in [0.3, 0.4) is 0 Å². The Morgan fingerprint density at radius 3 is 2.33 bits per heavy atom. The predicted molar refractivity (Wildman–Crippen MR) is 89.5 cm³/mol. The Bertz CT molecular complexity index is 772. The number of hydrogen-bond donors (Lipinski definition) is 0. The Kier molecular flexibility index (Phi) is 4.09. The highest BCUT2D eigenvalue weighted by molar-refractivity contribution is 5.90. The van der Waals surface area contributed by atoms with Gasteiger partial charge < -0.3 is 4.74 Å². The third-order valence-corrected chi connectivity index (χ3v) is 4.47. The number of nitro benzene ring substituents is 1. The van der Waals surface area contributed by atoms with Crippen LogP contribution in [0.25, 0.3) is 0 Å². The molecule has 2 aromatic carbocycles. The van der Waals surface area contributed by atoms with E-state index in [-0.39, 0.29) is 17.6 Å². The van der Waals surface area contributed by atoms with Crippen molar-refractivity contribution in [2.45, 2.75) is 31.8 Å². The first-order valence-corrected chi connectivity index (χ1v) is 7.96. The Morgan fingerprint density at radius 1 is 1.12 bits per heavy atom. The van der Waals surface area contributed by atoms with Crippen LogP contribution in [0.1, 0.15) is 37.5 Å². The quantitative estimate of drug-likeness (QED) is 0.470. The number of cyclic esters (lactones) is 1. The molecule has 0 saturated carbocycles. The number of nitro groups is 1. The van der Waals surface area contributed by atoms with Gasteiger partial charge in [-0.2, -0.15) is 0 Å². The number of para-hydroxylation sites is 1. The van der Waals surface area contributed by atoms with Gasteiger partial charge in [-0.25, -0.2) is 0 Å². The van der Waals surface area contributed by atoms with Crippen molar-refractivity contribution in [2.24, 2.45) is 5.92 Å². The molecule has 24 heavy (non-hydrogen) atoms. The molecule has 1 saturated heterocycles. The van der Waals surface area contributed by atoms with E-state index in [1.807, 2.05) is 44.2 Å². The summed E-state index contributed by atoms with van der Waals surface area (Å²) in [6, 6.07) is 15.9. The molecule has 1 heterocycles. The molecule has 0 aromatic heterocycles.